The Kier molecular flexibility index (Phi) is 5.07. The summed E-state index contributed by atoms with van der Waals surface area (Å²) >= 11 is 6.30. The smallest absolute Gasteiger partial charge is 0.131 e. The van der Waals surface area contributed by atoms with Crippen LogP contribution in [0, 0.1) is 6.92 Å². The van der Waals surface area contributed by atoms with Crippen molar-refractivity contribution in [2.24, 2.45) is 7.05 Å². The first kappa shape index (κ1) is 15.8. The summed E-state index contributed by atoms with van der Waals surface area (Å²) in [6, 6.07) is 0.453. The summed E-state index contributed by atoms with van der Waals surface area (Å²) in [6.07, 6.45) is -0.265. The van der Waals surface area contributed by atoms with Gasteiger partial charge in [-0.3, -0.25) is 14.5 Å². The number of β-amino-alcohol motifs (C(OH)–C–C–N with tert-alkyl or cyclic N) is 1. The van der Waals surface area contributed by atoms with Crippen molar-refractivity contribution in [3.8, 4) is 0 Å². The van der Waals surface area contributed by atoms with Crippen LogP contribution in [-0.4, -0.2) is 63.0 Å². The fourth-order valence-electron chi connectivity index (χ4n) is 2.90. The maximum Gasteiger partial charge on any atom is 0.131 e. The van der Waals surface area contributed by atoms with E-state index >= 15 is 0 Å². The molecule has 0 aromatic carbocycles. The third kappa shape index (κ3) is 3.52. The van der Waals surface area contributed by atoms with E-state index in [1.54, 1.807) is 4.68 Å². The minimum Gasteiger partial charge on any atom is -0.392 e. The third-order valence-electron chi connectivity index (χ3n) is 4.00. The lowest BCUT2D eigenvalue weighted by Crippen LogP contribution is -2.53. The van der Waals surface area contributed by atoms with E-state index in [1.807, 2.05) is 20.9 Å². The number of aliphatic hydroxyl groups excluding tert-OH is 1. The van der Waals surface area contributed by atoms with Gasteiger partial charge in [0.05, 0.1) is 11.8 Å². The predicted octanol–water partition coefficient (Wildman–Crippen LogP) is 1.27. The van der Waals surface area contributed by atoms with Gasteiger partial charge in [-0.25, -0.2) is 0 Å². The van der Waals surface area contributed by atoms with Crippen molar-refractivity contribution in [1.29, 1.82) is 0 Å². The number of hydrogen-bond acceptors (Lipinski definition) is 4. The topological polar surface area (TPSA) is 44.5 Å². The Morgan fingerprint density at radius 3 is 2.65 bits per heavy atom. The molecule has 2 rings (SSSR count). The van der Waals surface area contributed by atoms with Gasteiger partial charge in [-0.1, -0.05) is 11.6 Å². The molecule has 0 aliphatic carbocycles. The fourth-order valence-corrected chi connectivity index (χ4v) is 3.14. The van der Waals surface area contributed by atoms with Crippen molar-refractivity contribution in [1.82, 2.24) is 19.6 Å². The molecule has 20 heavy (non-hydrogen) atoms. The lowest BCUT2D eigenvalue weighted by Gasteiger charge is -2.40. The summed E-state index contributed by atoms with van der Waals surface area (Å²) in [7, 11) is 1.88. The van der Waals surface area contributed by atoms with Gasteiger partial charge >= 0.3 is 0 Å². The Bertz CT molecular complexity index is 460. The molecule has 0 spiro atoms. The van der Waals surface area contributed by atoms with Gasteiger partial charge in [0.1, 0.15) is 5.15 Å². The first-order chi connectivity index (χ1) is 9.38. The monoisotopic (exact) mass is 300 g/mol. The molecule has 0 saturated carbocycles. The van der Waals surface area contributed by atoms with E-state index in [2.05, 4.69) is 21.8 Å². The number of piperazine rings is 1. The van der Waals surface area contributed by atoms with Gasteiger partial charge < -0.3 is 5.11 Å². The standard InChI is InChI=1S/C14H25ClN4O/c1-10-7-18(5-6-19(10)8-11(2)20)9-13-12(3)16-17(4)14(13)15/h10-11,20H,5-9H2,1-4H3/t10-,11-/m0/s1. The van der Waals surface area contributed by atoms with Gasteiger partial charge in [-0.2, -0.15) is 5.10 Å². The zero-order chi connectivity index (χ0) is 14.9. The summed E-state index contributed by atoms with van der Waals surface area (Å²) in [5.74, 6) is 0. The third-order valence-corrected chi connectivity index (χ3v) is 4.47. The molecule has 0 unspecified atom stereocenters. The van der Waals surface area contributed by atoms with Gasteiger partial charge in [0, 0.05) is 51.4 Å². The van der Waals surface area contributed by atoms with E-state index in [9.17, 15) is 5.11 Å². The molecule has 5 nitrogen and oxygen atoms in total. The molecule has 1 aliphatic heterocycles. The number of aryl methyl sites for hydroxylation is 2. The predicted molar refractivity (Wildman–Crippen MR) is 80.9 cm³/mol. The molecule has 114 valence electrons. The average Bonchev–Trinajstić information content (AvgIpc) is 2.59. The highest BCUT2D eigenvalue weighted by Crippen LogP contribution is 2.22. The summed E-state index contributed by atoms with van der Waals surface area (Å²) in [5.41, 5.74) is 2.14. The first-order valence-corrected chi connectivity index (χ1v) is 7.58. The molecule has 1 aromatic heterocycles. The van der Waals surface area contributed by atoms with Crippen LogP contribution in [0.2, 0.25) is 5.15 Å². The Labute approximate surface area is 126 Å². The van der Waals surface area contributed by atoms with Crippen molar-refractivity contribution < 1.29 is 5.11 Å². The molecule has 1 aromatic rings. The van der Waals surface area contributed by atoms with E-state index in [4.69, 9.17) is 11.6 Å². The second-order valence-corrected chi connectivity index (χ2v) is 6.26. The Balaban J connectivity index is 1.96. The lowest BCUT2D eigenvalue weighted by molar-refractivity contribution is 0.0422. The van der Waals surface area contributed by atoms with E-state index < -0.39 is 0 Å². The number of aromatic nitrogens is 2. The van der Waals surface area contributed by atoms with Gasteiger partial charge in [-0.15, -0.1) is 0 Å². The van der Waals surface area contributed by atoms with Crippen LogP contribution < -0.4 is 0 Å². The number of halogens is 1. The molecule has 2 heterocycles. The van der Waals surface area contributed by atoms with Crippen molar-refractivity contribution in [3.05, 3.63) is 16.4 Å². The number of hydrogen-bond donors (Lipinski definition) is 1. The van der Waals surface area contributed by atoms with Crippen LogP contribution in [0.5, 0.6) is 0 Å². The summed E-state index contributed by atoms with van der Waals surface area (Å²) in [6.45, 7) is 10.7. The SMILES string of the molecule is Cc1nn(C)c(Cl)c1CN1CCN(C[C@H](C)O)[C@@H](C)C1. The molecular weight excluding hydrogens is 276 g/mol. The molecule has 0 radical (unpaired) electrons. The molecular formula is C14H25ClN4O. The van der Waals surface area contributed by atoms with E-state index in [1.165, 1.54) is 0 Å². The largest absolute Gasteiger partial charge is 0.392 e. The van der Waals surface area contributed by atoms with E-state index in [-0.39, 0.29) is 6.10 Å². The molecule has 1 saturated heterocycles. The van der Waals surface area contributed by atoms with Crippen LogP contribution in [0.3, 0.4) is 0 Å². The Morgan fingerprint density at radius 1 is 1.45 bits per heavy atom. The van der Waals surface area contributed by atoms with Crippen molar-refractivity contribution in [3.63, 3.8) is 0 Å². The summed E-state index contributed by atoms with van der Waals surface area (Å²) in [4.78, 5) is 4.76. The maximum atomic E-state index is 9.52. The minimum absolute atomic E-state index is 0.265. The quantitative estimate of drug-likeness (QED) is 0.909. The van der Waals surface area contributed by atoms with Crippen molar-refractivity contribution in [2.45, 2.75) is 39.5 Å². The lowest BCUT2D eigenvalue weighted by atomic mass is 10.1. The second-order valence-electron chi connectivity index (χ2n) is 5.91. The number of aliphatic hydroxyl groups is 1. The number of nitrogens with zero attached hydrogens (tertiary/aromatic N) is 4. The molecule has 2 atom stereocenters. The zero-order valence-electron chi connectivity index (χ0n) is 12.8. The molecule has 1 fully saturated rings. The van der Waals surface area contributed by atoms with Gasteiger partial charge in [0.25, 0.3) is 0 Å². The van der Waals surface area contributed by atoms with Crippen LogP contribution in [0.15, 0.2) is 0 Å². The van der Waals surface area contributed by atoms with E-state index in [0.717, 1.165) is 49.1 Å². The highest BCUT2D eigenvalue weighted by atomic mass is 35.5. The Hall–Kier alpha value is -0.620. The summed E-state index contributed by atoms with van der Waals surface area (Å²) < 4.78 is 1.74. The second kappa shape index (κ2) is 6.43. The minimum atomic E-state index is -0.265. The molecule has 0 bridgehead atoms. The van der Waals surface area contributed by atoms with E-state index in [0.29, 0.717) is 6.04 Å². The Morgan fingerprint density at radius 2 is 2.15 bits per heavy atom. The summed E-state index contributed by atoms with van der Waals surface area (Å²) in [5, 5.41) is 14.6. The first-order valence-electron chi connectivity index (χ1n) is 7.21. The van der Waals surface area contributed by atoms with Crippen LogP contribution in [-0.2, 0) is 13.6 Å². The maximum absolute atomic E-state index is 9.52. The van der Waals surface area contributed by atoms with Gasteiger partial charge in [-0.05, 0) is 20.8 Å². The van der Waals surface area contributed by atoms with Gasteiger partial charge in [0.2, 0.25) is 0 Å². The molecule has 1 aliphatic rings. The normalized spacial score (nSPS) is 23.2. The van der Waals surface area contributed by atoms with Crippen LogP contribution in [0.4, 0.5) is 0 Å². The molecule has 1 N–H and O–H groups in total. The van der Waals surface area contributed by atoms with Crippen molar-refractivity contribution in [2.75, 3.05) is 26.2 Å². The molecule has 0 amide bonds. The fraction of sp³-hybridized carbons (Fsp3) is 0.786. The van der Waals surface area contributed by atoms with Crippen LogP contribution in [0.25, 0.3) is 0 Å². The highest BCUT2D eigenvalue weighted by Gasteiger charge is 2.25. The average molecular weight is 301 g/mol. The number of rotatable bonds is 4. The molecule has 6 heteroatoms. The van der Waals surface area contributed by atoms with Crippen molar-refractivity contribution >= 4 is 11.6 Å². The zero-order valence-corrected chi connectivity index (χ0v) is 13.6. The van der Waals surface area contributed by atoms with Gasteiger partial charge in [0.15, 0.2) is 0 Å². The van der Waals surface area contributed by atoms with Crippen LogP contribution >= 0.6 is 11.6 Å². The highest BCUT2D eigenvalue weighted by molar-refractivity contribution is 6.30. The van der Waals surface area contributed by atoms with Crippen LogP contribution in [0.1, 0.15) is 25.1 Å².